The topological polar surface area (TPSA) is 115 Å². The van der Waals surface area contributed by atoms with Crippen LogP contribution in [0.3, 0.4) is 0 Å². The average Bonchev–Trinajstić information content (AvgIpc) is 3.51. The van der Waals surface area contributed by atoms with Crippen LogP contribution in [0.4, 0.5) is 0 Å². The largest absolute Gasteiger partial charge is 0.497 e. The van der Waals surface area contributed by atoms with Gasteiger partial charge in [0.15, 0.2) is 11.6 Å². The first-order chi connectivity index (χ1) is 19.7. The van der Waals surface area contributed by atoms with E-state index in [0.717, 1.165) is 31.2 Å². The molecule has 41 heavy (non-hydrogen) atoms. The molecule has 0 unspecified atom stereocenters. The molecule has 1 N–H and O–H groups in total. The summed E-state index contributed by atoms with van der Waals surface area (Å²) >= 11 is 0. The minimum absolute atomic E-state index is 0.00523. The van der Waals surface area contributed by atoms with Crippen LogP contribution in [-0.2, 0) is 35.1 Å². The molecule has 1 aromatic rings. The summed E-state index contributed by atoms with van der Waals surface area (Å²) in [7, 11) is 1.59. The van der Waals surface area contributed by atoms with Crippen LogP contribution in [0.15, 0.2) is 24.3 Å². The minimum atomic E-state index is -0.806. The smallest absolute Gasteiger partial charge is 0.223 e. The molecular weight excluding hydrogens is 524 g/mol. The second-order valence-corrected chi connectivity index (χ2v) is 12.3. The molecule has 1 aliphatic carbocycles. The summed E-state index contributed by atoms with van der Waals surface area (Å²) in [4.78, 5) is 55.2. The normalized spacial score (nSPS) is 23.4. The van der Waals surface area contributed by atoms with Crippen molar-refractivity contribution < 1.29 is 33.4 Å². The van der Waals surface area contributed by atoms with Crippen molar-refractivity contribution in [1.29, 1.82) is 0 Å². The number of epoxide rings is 1. The van der Waals surface area contributed by atoms with E-state index >= 15 is 0 Å². The van der Waals surface area contributed by atoms with Crippen molar-refractivity contribution in [2.45, 2.75) is 76.9 Å². The molecule has 0 aromatic heterocycles. The number of ketones is 3. The number of benzene rings is 1. The van der Waals surface area contributed by atoms with Gasteiger partial charge in [0.25, 0.3) is 0 Å². The Morgan fingerprint density at radius 1 is 1.07 bits per heavy atom. The first-order valence-electron chi connectivity index (χ1n) is 15.1. The van der Waals surface area contributed by atoms with Crippen molar-refractivity contribution in [2.75, 3.05) is 46.6 Å². The summed E-state index contributed by atoms with van der Waals surface area (Å²) in [5, 5.41) is 2.95. The standard InChI is InChI=1S/C32H46N2O7/c1-22(16-26(35)20-34-12-14-40-15-13-34)31(38)33-28(18-24-8-10-27(39-3)11-9-24)29(36)19-25(17-23-6-4-5-7-23)30(37)32(2)21-41-32/h8-11,22-23,25,28H,4-7,12-21H2,1-3H3,(H,33,38)/t22-,25+,28-,32+/m0/s1. The predicted molar refractivity (Wildman–Crippen MR) is 154 cm³/mol. The molecule has 1 amide bonds. The van der Waals surface area contributed by atoms with Gasteiger partial charge in [0.1, 0.15) is 17.1 Å². The van der Waals surface area contributed by atoms with E-state index in [1.54, 1.807) is 21.0 Å². The van der Waals surface area contributed by atoms with Gasteiger partial charge >= 0.3 is 0 Å². The molecule has 4 atom stereocenters. The average molecular weight is 571 g/mol. The molecule has 9 heteroatoms. The van der Waals surface area contributed by atoms with Gasteiger partial charge < -0.3 is 19.5 Å². The number of amides is 1. The van der Waals surface area contributed by atoms with Gasteiger partial charge in [0.2, 0.25) is 5.91 Å². The Hall–Kier alpha value is -2.62. The molecule has 2 saturated heterocycles. The van der Waals surface area contributed by atoms with Crippen molar-refractivity contribution in [1.82, 2.24) is 10.2 Å². The number of rotatable bonds is 16. The number of morpholine rings is 1. The van der Waals surface area contributed by atoms with Crippen LogP contribution in [0.5, 0.6) is 5.75 Å². The number of carbonyl (C=O) groups excluding carboxylic acids is 4. The van der Waals surface area contributed by atoms with Crippen LogP contribution >= 0.6 is 0 Å². The predicted octanol–water partition coefficient (Wildman–Crippen LogP) is 3.16. The monoisotopic (exact) mass is 570 g/mol. The highest BCUT2D eigenvalue weighted by Crippen LogP contribution is 2.37. The lowest BCUT2D eigenvalue weighted by atomic mass is 9.81. The van der Waals surface area contributed by atoms with E-state index < -0.39 is 23.5 Å². The number of nitrogens with zero attached hydrogens (tertiary/aromatic N) is 1. The fourth-order valence-electron chi connectivity index (χ4n) is 6.06. The van der Waals surface area contributed by atoms with Gasteiger partial charge in [0.05, 0.1) is 39.5 Å². The van der Waals surface area contributed by atoms with Crippen molar-refractivity contribution in [3.05, 3.63) is 29.8 Å². The fraction of sp³-hybridized carbons (Fsp3) is 0.688. The summed E-state index contributed by atoms with van der Waals surface area (Å²) in [6, 6.07) is 6.59. The van der Waals surface area contributed by atoms with Gasteiger partial charge in [-0.15, -0.1) is 0 Å². The summed E-state index contributed by atoms with van der Waals surface area (Å²) in [5.41, 5.74) is 0.0739. The first-order valence-corrected chi connectivity index (χ1v) is 15.1. The van der Waals surface area contributed by atoms with Crippen LogP contribution in [0.1, 0.15) is 64.4 Å². The maximum atomic E-state index is 13.8. The minimum Gasteiger partial charge on any atom is -0.497 e. The lowest BCUT2D eigenvalue weighted by Gasteiger charge is -2.26. The van der Waals surface area contributed by atoms with Gasteiger partial charge in [-0.1, -0.05) is 44.7 Å². The Bertz CT molecular complexity index is 1060. The molecule has 3 aliphatic rings. The molecule has 1 saturated carbocycles. The third kappa shape index (κ3) is 9.18. The first kappa shape index (κ1) is 31.3. The van der Waals surface area contributed by atoms with E-state index in [0.29, 0.717) is 64.0 Å². The molecule has 1 aromatic carbocycles. The Morgan fingerprint density at radius 2 is 1.73 bits per heavy atom. The molecule has 2 aliphatic heterocycles. The summed E-state index contributed by atoms with van der Waals surface area (Å²) < 4.78 is 16.1. The van der Waals surface area contributed by atoms with Crippen molar-refractivity contribution in [3.8, 4) is 5.75 Å². The Morgan fingerprint density at radius 3 is 2.34 bits per heavy atom. The fourth-order valence-corrected chi connectivity index (χ4v) is 6.06. The molecule has 0 bridgehead atoms. The maximum Gasteiger partial charge on any atom is 0.223 e. The molecule has 0 spiro atoms. The van der Waals surface area contributed by atoms with E-state index in [-0.39, 0.29) is 36.1 Å². The number of hydrogen-bond donors (Lipinski definition) is 1. The maximum absolute atomic E-state index is 13.8. The number of Topliss-reactive ketones (excluding diaryl/α,β-unsaturated/α-hetero) is 3. The Kier molecular flexibility index (Phi) is 11.1. The molecule has 4 rings (SSSR count). The van der Waals surface area contributed by atoms with E-state index in [1.807, 2.05) is 29.2 Å². The van der Waals surface area contributed by atoms with Crippen LogP contribution in [0, 0.1) is 17.8 Å². The highest BCUT2D eigenvalue weighted by Gasteiger charge is 2.50. The molecule has 0 radical (unpaired) electrons. The van der Waals surface area contributed by atoms with Crippen molar-refractivity contribution in [3.63, 3.8) is 0 Å². The van der Waals surface area contributed by atoms with Gasteiger partial charge in [0, 0.05) is 37.8 Å². The molecule has 3 fully saturated rings. The SMILES string of the molecule is COc1ccc(C[C@H](NC(=O)[C@@H](C)CC(=O)CN2CCOCC2)C(=O)C[C@@H](CC2CCCC2)C(=O)[C@@]2(C)CO2)cc1. The second-order valence-electron chi connectivity index (χ2n) is 12.3. The van der Waals surface area contributed by atoms with E-state index in [2.05, 4.69) is 5.32 Å². The van der Waals surface area contributed by atoms with Crippen LogP contribution < -0.4 is 10.1 Å². The second kappa shape index (κ2) is 14.5. The third-order valence-corrected chi connectivity index (χ3v) is 8.80. The van der Waals surface area contributed by atoms with Crippen LogP contribution in [0.25, 0.3) is 0 Å². The van der Waals surface area contributed by atoms with E-state index in [4.69, 9.17) is 14.2 Å². The van der Waals surface area contributed by atoms with Gasteiger partial charge in [-0.2, -0.15) is 0 Å². The quantitative estimate of drug-likeness (QED) is 0.302. The number of nitrogens with one attached hydrogen (secondary N) is 1. The number of carbonyl (C=O) groups is 4. The van der Waals surface area contributed by atoms with Crippen molar-refractivity contribution >= 4 is 23.3 Å². The lowest BCUT2D eigenvalue weighted by Crippen LogP contribution is -2.46. The van der Waals surface area contributed by atoms with Crippen LogP contribution in [-0.4, -0.2) is 86.4 Å². The summed E-state index contributed by atoms with van der Waals surface area (Å²) in [6.45, 7) is 6.82. The highest BCUT2D eigenvalue weighted by atomic mass is 16.6. The van der Waals surface area contributed by atoms with E-state index in [9.17, 15) is 19.2 Å². The number of hydrogen-bond acceptors (Lipinski definition) is 8. The Labute approximate surface area is 243 Å². The number of ether oxygens (including phenoxy) is 3. The zero-order valence-electron chi connectivity index (χ0n) is 24.8. The molecule has 226 valence electrons. The molecular formula is C32H46N2O7. The zero-order chi connectivity index (χ0) is 29.4. The van der Waals surface area contributed by atoms with Crippen LogP contribution in [0.2, 0.25) is 0 Å². The van der Waals surface area contributed by atoms with Gasteiger partial charge in [-0.25, -0.2) is 0 Å². The van der Waals surface area contributed by atoms with E-state index in [1.165, 1.54) is 0 Å². The van der Waals surface area contributed by atoms with Crippen molar-refractivity contribution in [2.24, 2.45) is 17.8 Å². The lowest BCUT2D eigenvalue weighted by molar-refractivity contribution is -0.134. The van der Waals surface area contributed by atoms with Gasteiger partial charge in [-0.3, -0.25) is 24.1 Å². The molecule has 2 heterocycles. The van der Waals surface area contributed by atoms with Gasteiger partial charge in [-0.05, 0) is 43.4 Å². The summed E-state index contributed by atoms with van der Waals surface area (Å²) in [6.07, 6.45) is 5.62. The number of methoxy groups -OCH3 is 1. The zero-order valence-corrected chi connectivity index (χ0v) is 24.8. The Balaban J connectivity index is 1.43. The highest BCUT2D eigenvalue weighted by molar-refractivity contribution is 5.97. The third-order valence-electron chi connectivity index (χ3n) is 8.80. The summed E-state index contributed by atoms with van der Waals surface area (Å²) in [5.74, 6) is -0.378. The molecule has 9 nitrogen and oxygen atoms in total.